The van der Waals surface area contributed by atoms with Crippen LogP contribution in [0, 0.1) is 5.82 Å². The van der Waals surface area contributed by atoms with Crippen LogP contribution in [0.15, 0.2) is 48.5 Å². The molecule has 7 heteroatoms. The first-order valence-electron chi connectivity index (χ1n) is 6.72. The molecule has 2 aromatic rings. The Kier molecular flexibility index (Phi) is 6.43. The smallest absolute Gasteiger partial charge is 0.234 e. The number of nitrogens with one attached hydrogen (secondary N) is 2. The fourth-order valence-electron chi connectivity index (χ4n) is 1.73. The van der Waals surface area contributed by atoms with E-state index in [-0.39, 0.29) is 28.3 Å². The molecule has 0 aliphatic carbocycles. The Morgan fingerprint density at radius 1 is 0.957 bits per heavy atom. The zero-order valence-corrected chi connectivity index (χ0v) is 13.6. The van der Waals surface area contributed by atoms with Gasteiger partial charge in [-0.15, -0.1) is 11.8 Å². The molecule has 120 valence electrons. The number of thioether (sulfide) groups is 1. The Morgan fingerprint density at radius 3 is 2.17 bits per heavy atom. The number of halogens is 2. The number of anilines is 2. The second-order valence-corrected chi connectivity index (χ2v) is 5.98. The lowest BCUT2D eigenvalue weighted by Gasteiger charge is -2.07. The van der Waals surface area contributed by atoms with Crippen molar-refractivity contribution in [1.82, 2.24) is 0 Å². The average molecular weight is 353 g/mol. The van der Waals surface area contributed by atoms with Gasteiger partial charge in [0.05, 0.1) is 16.5 Å². The Bertz CT molecular complexity index is 698. The van der Waals surface area contributed by atoms with Crippen LogP contribution in [0.25, 0.3) is 0 Å². The molecule has 2 rings (SSSR count). The van der Waals surface area contributed by atoms with Crippen LogP contribution < -0.4 is 10.6 Å². The maximum Gasteiger partial charge on any atom is 0.234 e. The van der Waals surface area contributed by atoms with E-state index in [2.05, 4.69) is 10.6 Å². The van der Waals surface area contributed by atoms with E-state index in [4.69, 9.17) is 11.6 Å². The van der Waals surface area contributed by atoms with Gasteiger partial charge in [-0.25, -0.2) is 4.39 Å². The standard InChI is InChI=1S/C16H14ClFN2O2S/c17-13-8-12(6-7-14(13)18)20-16(22)10-23-9-15(21)19-11-4-2-1-3-5-11/h1-8H,9-10H2,(H,19,21)(H,20,22). The molecule has 0 saturated heterocycles. The highest BCUT2D eigenvalue weighted by atomic mass is 35.5. The van der Waals surface area contributed by atoms with Crippen molar-refractivity contribution in [2.45, 2.75) is 0 Å². The second-order valence-electron chi connectivity index (χ2n) is 4.58. The maximum absolute atomic E-state index is 13.0. The molecule has 0 bridgehead atoms. The fraction of sp³-hybridized carbons (Fsp3) is 0.125. The number of para-hydroxylation sites is 1. The van der Waals surface area contributed by atoms with Gasteiger partial charge in [-0.05, 0) is 30.3 Å². The zero-order chi connectivity index (χ0) is 16.7. The molecular weight excluding hydrogens is 339 g/mol. The van der Waals surface area contributed by atoms with E-state index in [0.717, 1.165) is 0 Å². The molecule has 0 unspecified atom stereocenters. The highest BCUT2D eigenvalue weighted by Gasteiger charge is 2.08. The lowest BCUT2D eigenvalue weighted by atomic mass is 10.3. The number of benzene rings is 2. The summed E-state index contributed by atoms with van der Waals surface area (Å²) in [5, 5.41) is 5.26. The first-order valence-corrected chi connectivity index (χ1v) is 8.25. The van der Waals surface area contributed by atoms with Crippen molar-refractivity contribution in [2.75, 3.05) is 22.1 Å². The summed E-state index contributed by atoms with van der Waals surface area (Å²) in [6.45, 7) is 0. The van der Waals surface area contributed by atoms with Gasteiger partial charge in [0.1, 0.15) is 5.82 Å². The topological polar surface area (TPSA) is 58.2 Å². The molecule has 0 atom stereocenters. The van der Waals surface area contributed by atoms with E-state index in [1.807, 2.05) is 18.2 Å². The van der Waals surface area contributed by atoms with Gasteiger partial charge >= 0.3 is 0 Å². The summed E-state index contributed by atoms with van der Waals surface area (Å²) >= 11 is 6.82. The highest BCUT2D eigenvalue weighted by Crippen LogP contribution is 2.19. The first-order chi connectivity index (χ1) is 11.0. The van der Waals surface area contributed by atoms with Crippen LogP contribution in [0.1, 0.15) is 0 Å². The molecule has 4 nitrogen and oxygen atoms in total. The number of hydrogen-bond acceptors (Lipinski definition) is 3. The number of hydrogen-bond donors (Lipinski definition) is 2. The van der Waals surface area contributed by atoms with Crippen LogP contribution in [0.3, 0.4) is 0 Å². The molecule has 2 N–H and O–H groups in total. The third-order valence-corrected chi connectivity index (χ3v) is 3.95. The molecule has 0 aliphatic rings. The molecule has 0 saturated carbocycles. The van der Waals surface area contributed by atoms with Crippen LogP contribution in [-0.2, 0) is 9.59 Å². The van der Waals surface area contributed by atoms with Gasteiger partial charge in [-0.2, -0.15) is 0 Å². The summed E-state index contributed by atoms with van der Waals surface area (Å²) in [5.74, 6) is -0.746. The van der Waals surface area contributed by atoms with Crippen LogP contribution in [-0.4, -0.2) is 23.3 Å². The minimum Gasteiger partial charge on any atom is -0.325 e. The summed E-state index contributed by atoms with van der Waals surface area (Å²) in [7, 11) is 0. The second kappa shape index (κ2) is 8.55. The molecule has 0 aliphatic heterocycles. The normalized spacial score (nSPS) is 10.2. The Labute approximate surface area is 142 Å². The van der Waals surface area contributed by atoms with Crippen molar-refractivity contribution in [3.05, 3.63) is 59.4 Å². The fourth-order valence-corrected chi connectivity index (χ4v) is 2.52. The van der Waals surface area contributed by atoms with Crippen LogP contribution in [0.4, 0.5) is 15.8 Å². The third-order valence-electron chi connectivity index (χ3n) is 2.73. The van der Waals surface area contributed by atoms with Crippen molar-refractivity contribution in [3.63, 3.8) is 0 Å². The minimum absolute atomic E-state index is 0.0577. The van der Waals surface area contributed by atoms with E-state index in [0.29, 0.717) is 11.4 Å². The van der Waals surface area contributed by atoms with Gasteiger partial charge in [0, 0.05) is 11.4 Å². The monoisotopic (exact) mass is 352 g/mol. The molecule has 0 fully saturated rings. The molecular formula is C16H14ClFN2O2S. The highest BCUT2D eigenvalue weighted by molar-refractivity contribution is 8.00. The Hall–Kier alpha value is -2.05. The van der Waals surface area contributed by atoms with E-state index in [1.54, 1.807) is 12.1 Å². The largest absolute Gasteiger partial charge is 0.325 e. The van der Waals surface area contributed by atoms with Crippen LogP contribution in [0.2, 0.25) is 5.02 Å². The number of rotatable bonds is 6. The zero-order valence-electron chi connectivity index (χ0n) is 12.0. The van der Waals surface area contributed by atoms with E-state index >= 15 is 0 Å². The lowest BCUT2D eigenvalue weighted by Crippen LogP contribution is -2.18. The Morgan fingerprint density at radius 2 is 1.57 bits per heavy atom. The van der Waals surface area contributed by atoms with E-state index < -0.39 is 5.82 Å². The minimum atomic E-state index is -0.545. The van der Waals surface area contributed by atoms with Crippen molar-refractivity contribution in [1.29, 1.82) is 0 Å². The van der Waals surface area contributed by atoms with Gasteiger partial charge in [0.25, 0.3) is 0 Å². The number of amides is 2. The molecule has 23 heavy (non-hydrogen) atoms. The predicted octanol–water partition coefficient (Wildman–Crippen LogP) is 3.79. The number of carbonyl (C=O) groups is 2. The van der Waals surface area contributed by atoms with Crippen molar-refractivity contribution in [3.8, 4) is 0 Å². The van der Waals surface area contributed by atoms with Gasteiger partial charge in [0.15, 0.2) is 0 Å². The molecule has 0 radical (unpaired) electrons. The van der Waals surface area contributed by atoms with Crippen LogP contribution in [0.5, 0.6) is 0 Å². The lowest BCUT2D eigenvalue weighted by molar-refractivity contribution is -0.114. The molecule has 2 aromatic carbocycles. The SMILES string of the molecule is O=C(CSCC(=O)Nc1ccc(F)c(Cl)c1)Nc1ccccc1. The van der Waals surface area contributed by atoms with E-state index in [9.17, 15) is 14.0 Å². The van der Waals surface area contributed by atoms with Crippen molar-refractivity contribution >= 4 is 46.6 Å². The summed E-state index contributed by atoms with van der Waals surface area (Å²) in [6.07, 6.45) is 0. The molecule has 0 spiro atoms. The molecule has 2 amide bonds. The van der Waals surface area contributed by atoms with Gasteiger partial charge < -0.3 is 10.6 Å². The quantitative estimate of drug-likeness (QED) is 0.831. The number of carbonyl (C=O) groups excluding carboxylic acids is 2. The summed E-state index contributed by atoms with van der Waals surface area (Å²) in [6, 6.07) is 13.0. The Balaban J connectivity index is 1.72. The predicted molar refractivity (Wildman–Crippen MR) is 92.4 cm³/mol. The van der Waals surface area contributed by atoms with Gasteiger partial charge in [-0.1, -0.05) is 29.8 Å². The van der Waals surface area contributed by atoms with Crippen molar-refractivity contribution < 1.29 is 14.0 Å². The first kappa shape index (κ1) is 17.3. The summed E-state index contributed by atoms with van der Waals surface area (Å²) < 4.78 is 13.0. The average Bonchev–Trinajstić information content (AvgIpc) is 2.52. The van der Waals surface area contributed by atoms with Gasteiger partial charge in [0.2, 0.25) is 11.8 Å². The maximum atomic E-state index is 13.0. The summed E-state index contributed by atoms with van der Waals surface area (Å²) in [5.41, 5.74) is 1.12. The summed E-state index contributed by atoms with van der Waals surface area (Å²) in [4.78, 5) is 23.5. The third kappa shape index (κ3) is 5.92. The molecule has 0 aromatic heterocycles. The van der Waals surface area contributed by atoms with E-state index in [1.165, 1.54) is 30.0 Å². The van der Waals surface area contributed by atoms with Crippen LogP contribution >= 0.6 is 23.4 Å². The van der Waals surface area contributed by atoms with Crippen molar-refractivity contribution in [2.24, 2.45) is 0 Å². The van der Waals surface area contributed by atoms with Gasteiger partial charge in [-0.3, -0.25) is 9.59 Å². The molecule has 0 heterocycles.